The fourth-order valence-corrected chi connectivity index (χ4v) is 2.89. The first-order chi connectivity index (χ1) is 7.75. The summed E-state index contributed by atoms with van der Waals surface area (Å²) in [6, 6.07) is 0. The van der Waals surface area contributed by atoms with Crippen LogP contribution in [-0.4, -0.2) is 50.3 Å². The highest BCUT2D eigenvalue weighted by Gasteiger charge is 2.26. The fourth-order valence-electron chi connectivity index (χ4n) is 2.89. The van der Waals surface area contributed by atoms with Gasteiger partial charge in [-0.1, -0.05) is 6.92 Å². The molecule has 3 atom stereocenters. The van der Waals surface area contributed by atoms with E-state index in [0.717, 1.165) is 18.4 Å². The normalized spacial score (nSPS) is 38.2. The van der Waals surface area contributed by atoms with Crippen LogP contribution in [0.2, 0.25) is 0 Å². The highest BCUT2D eigenvalue weighted by molar-refractivity contribution is 4.78. The summed E-state index contributed by atoms with van der Waals surface area (Å²) in [6.07, 6.45) is 3.01. The first-order valence-electron chi connectivity index (χ1n) is 6.80. The van der Waals surface area contributed by atoms with Crippen LogP contribution in [0.25, 0.3) is 0 Å². The molecule has 3 nitrogen and oxygen atoms in total. The summed E-state index contributed by atoms with van der Waals surface area (Å²) in [6.45, 7) is 11.6. The maximum atomic E-state index is 5.65. The van der Waals surface area contributed by atoms with E-state index in [0.29, 0.717) is 6.10 Å². The highest BCUT2D eigenvalue weighted by Crippen LogP contribution is 2.22. The molecule has 2 aliphatic heterocycles. The Morgan fingerprint density at radius 1 is 1.38 bits per heavy atom. The number of rotatable bonds is 2. The molecule has 0 amide bonds. The lowest BCUT2D eigenvalue weighted by Gasteiger charge is -2.31. The van der Waals surface area contributed by atoms with Gasteiger partial charge in [0.15, 0.2) is 0 Å². The second kappa shape index (κ2) is 5.99. The van der Waals surface area contributed by atoms with Crippen molar-refractivity contribution in [1.82, 2.24) is 10.2 Å². The van der Waals surface area contributed by atoms with Crippen LogP contribution in [0, 0.1) is 11.8 Å². The number of nitrogens with one attached hydrogen (secondary N) is 1. The van der Waals surface area contributed by atoms with Gasteiger partial charge in [-0.15, -0.1) is 0 Å². The molecule has 2 aliphatic rings. The van der Waals surface area contributed by atoms with Crippen molar-refractivity contribution in [2.75, 3.05) is 39.3 Å². The monoisotopic (exact) mass is 226 g/mol. The van der Waals surface area contributed by atoms with Crippen molar-refractivity contribution in [3.63, 3.8) is 0 Å². The second-order valence-corrected chi connectivity index (χ2v) is 5.55. The maximum Gasteiger partial charge on any atom is 0.0588 e. The van der Waals surface area contributed by atoms with Crippen LogP contribution in [0.15, 0.2) is 0 Å². The minimum absolute atomic E-state index is 0.471. The zero-order chi connectivity index (χ0) is 11.4. The molecule has 0 aliphatic carbocycles. The Labute approximate surface area is 99.5 Å². The largest absolute Gasteiger partial charge is 0.378 e. The van der Waals surface area contributed by atoms with Gasteiger partial charge in [0.1, 0.15) is 0 Å². The average molecular weight is 226 g/mol. The molecule has 0 aromatic rings. The zero-order valence-electron chi connectivity index (χ0n) is 10.7. The summed E-state index contributed by atoms with van der Waals surface area (Å²) in [5.41, 5.74) is 0. The van der Waals surface area contributed by atoms with Crippen molar-refractivity contribution in [3.05, 3.63) is 0 Å². The molecule has 3 unspecified atom stereocenters. The third-order valence-electron chi connectivity index (χ3n) is 3.92. The van der Waals surface area contributed by atoms with Gasteiger partial charge in [-0.2, -0.15) is 0 Å². The SMILES string of the molecule is CC1CNCCCN(CC2CCOC2C)C1. The molecular weight excluding hydrogens is 200 g/mol. The summed E-state index contributed by atoms with van der Waals surface area (Å²) in [7, 11) is 0. The van der Waals surface area contributed by atoms with E-state index in [4.69, 9.17) is 4.74 Å². The van der Waals surface area contributed by atoms with Crippen LogP contribution in [0.5, 0.6) is 0 Å². The van der Waals surface area contributed by atoms with Gasteiger partial charge in [-0.25, -0.2) is 0 Å². The lowest BCUT2D eigenvalue weighted by atomic mass is 10.0. The zero-order valence-corrected chi connectivity index (χ0v) is 10.7. The van der Waals surface area contributed by atoms with E-state index in [1.165, 1.54) is 45.6 Å². The third kappa shape index (κ3) is 3.44. The molecule has 2 saturated heterocycles. The number of hydrogen-bond donors (Lipinski definition) is 1. The van der Waals surface area contributed by atoms with Crippen molar-refractivity contribution in [2.24, 2.45) is 11.8 Å². The van der Waals surface area contributed by atoms with Gasteiger partial charge >= 0.3 is 0 Å². The molecule has 16 heavy (non-hydrogen) atoms. The van der Waals surface area contributed by atoms with Crippen molar-refractivity contribution >= 4 is 0 Å². The fraction of sp³-hybridized carbons (Fsp3) is 1.00. The standard InChI is InChI=1S/C13H26N2O/c1-11-8-14-5-3-6-15(9-11)10-13-4-7-16-12(13)2/h11-14H,3-10H2,1-2H3. The minimum Gasteiger partial charge on any atom is -0.378 e. The summed E-state index contributed by atoms with van der Waals surface area (Å²) < 4.78 is 5.65. The van der Waals surface area contributed by atoms with Crippen molar-refractivity contribution in [2.45, 2.75) is 32.8 Å². The van der Waals surface area contributed by atoms with Gasteiger partial charge < -0.3 is 15.0 Å². The Hall–Kier alpha value is -0.120. The Morgan fingerprint density at radius 3 is 3.00 bits per heavy atom. The van der Waals surface area contributed by atoms with Crippen LogP contribution in [0.1, 0.15) is 26.7 Å². The van der Waals surface area contributed by atoms with Gasteiger partial charge in [-0.3, -0.25) is 0 Å². The molecule has 2 heterocycles. The number of nitrogens with zero attached hydrogens (tertiary/aromatic N) is 1. The predicted octanol–water partition coefficient (Wildman–Crippen LogP) is 1.34. The van der Waals surface area contributed by atoms with E-state index in [2.05, 4.69) is 24.1 Å². The lowest BCUT2D eigenvalue weighted by molar-refractivity contribution is 0.0883. The minimum atomic E-state index is 0.471. The van der Waals surface area contributed by atoms with Gasteiger partial charge in [-0.05, 0) is 51.2 Å². The Bertz CT molecular complexity index is 210. The molecule has 1 N–H and O–H groups in total. The summed E-state index contributed by atoms with van der Waals surface area (Å²) in [5, 5.41) is 3.51. The molecule has 0 aromatic carbocycles. The second-order valence-electron chi connectivity index (χ2n) is 5.55. The molecule has 94 valence electrons. The number of hydrogen-bond acceptors (Lipinski definition) is 3. The Balaban J connectivity index is 1.81. The Kier molecular flexibility index (Phi) is 4.62. The molecule has 2 rings (SSSR count). The van der Waals surface area contributed by atoms with E-state index in [1.54, 1.807) is 0 Å². The molecule has 0 spiro atoms. The van der Waals surface area contributed by atoms with Gasteiger partial charge in [0.05, 0.1) is 6.10 Å². The molecule has 0 saturated carbocycles. The van der Waals surface area contributed by atoms with E-state index < -0.39 is 0 Å². The summed E-state index contributed by atoms with van der Waals surface area (Å²) in [4.78, 5) is 2.65. The van der Waals surface area contributed by atoms with Crippen molar-refractivity contribution in [1.29, 1.82) is 0 Å². The maximum absolute atomic E-state index is 5.65. The smallest absolute Gasteiger partial charge is 0.0588 e. The van der Waals surface area contributed by atoms with E-state index in [9.17, 15) is 0 Å². The third-order valence-corrected chi connectivity index (χ3v) is 3.92. The first kappa shape index (κ1) is 12.3. The first-order valence-corrected chi connectivity index (χ1v) is 6.80. The molecular formula is C13H26N2O. The molecule has 0 bridgehead atoms. The summed E-state index contributed by atoms with van der Waals surface area (Å²) in [5.74, 6) is 1.54. The summed E-state index contributed by atoms with van der Waals surface area (Å²) >= 11 is 0. The van der Waals surface area contributed by atoms with Crippen LogP contribution in [0.4, 0.5) is 0 Å². The Morgan fingerprint density at radius 2 is 2.25 bits per heavy atom. The van der Waals surface area contributed by atoms with Crippen LogP contribution < -0.4 is 5.32 Å². The van der Waals surface area contributed by atoms with E-state index >= 15 is 0 Å². The van der Waals surface area contributed by atoms with E-state index in [-0.39, 0.29) is 0 Å². The predicted molar refractivity (Wildman–Crippen MR) is 66.6 cm³/mol. The molecule has 3 heteroatoms. The average Bonchev–Trinajstić information content (AvgIpc) is 2.60. The van der Waals surface area contributed by atoms with Gasteiger partial charge in [0.25, 0.3) is 0 Å². The van der Waals surface area contributed by atoms with Gasteiger partial charge in [0.2, 0.25) is 0 Å². The van der Waals surface area contributed by atoms with Crippen molar-refractivity contribution in [3.8, 4) is 0 Å². The van der Waals surface area contributed by atoms with Gasteiger partial charge in [0, 0.05) is 19.7 Å². The topological polar surface area (TPSA) is 24.5 Å². The van der Waals surface area contributed by atoms with Crippen LogP contribution in [-0.2, 0) is 4.74 Å². The molecule has 2 fully saturated rings. The molecule has 0 aromatic heterocycles. The van der Waals surface area contributed by atoms with Crippen LogP contribution in [0.3, 0.4) is 0 Å². The van der Waals surface area contributed by atoms with Crippen LogP contribution >= 0.6 is 0 Å². The molecule has 0 radical (unpaired) electrons. The van der Waals surface area contributed by atoms with E-state index in [1.807, 2.05) is 0 Å². The highest BCUT2D eigenvalue weighted by atomic mass is 16.5. The number of ether oxygens (including phenoxy) is 1. The van der Waals surface area contributed by atoms with Crippen molar-refractivity contribution < 1.29 is 4.74 Å². The lowest BCUT2D eigenvalue weighted by Crippen LogP contribution is -2.41. The quantitative estimate of drug-likeness (QED) is 0.769.